The summed E-state index contributed by atoms with van der Waals surface area (Å²) in [6.45, 7) is 0.286. The smallest absolute Gasteiger partial charge is 0.356 e. The van der Waals surface area contributed by atoms with E-state index in [1.165, 1.54) is 4.57 Å². The number of aromatic nitrogens is 4. The summed E-state index contributed by atoms with van der Waals surface area (Å²) in [5, 5.41) is 9.87. The maximum absolute atomic E-state index is 11.0. The van der Waals surface area contributed by atoms with Crippen molar-refractivity contribution >= 4 is 24.5 Å². The molecule has 0 atom stereocenters. The molecular weight excluding hydrogens is 469 g/mol. The predicted molar refractivity (Wildman–Crippen MR) is 128 cm³/mol. The average molecular weight is 492 g/mol. The van der Waals surface area contributed by atoms with Crippen LogP contribution in [0, 0.1) is 0 Å². The van der Waals surface area contributed by atoms with E-state index in [1.807, 2.05) is 35.1 Å². The minimum Gasteiger partial charge on any atom is -0.356 e. The van der Waals surface area contributed by atoms with Crippen molar-refractivity contribution in [2.75, 3.05) is 5.73 Å². The normalized spacial score (nSPS) is 11.8. The molecule has 0 spiro atoms. The molecule has 0 saturated heterocycles. The van der Waals surface area contributed by atoms with Crippen molar-refractivity contribution in [3.05, 3.63) is 95.9 Å². The molecule has 4 N–H and O–H groups in total. The van der Waals surface area contributed by atoms with Gasteiger partial charge in [-0.05, 0) is 29.3 Å². The molecule has 0 saturated carbocycles. The second-order valence-corrected chi connectivity index (χ2v) is 9.33. The SMILES string of the molecule is Nc1c(-c2cc(Cc3ccc(Cn4cc5ccccc5n4)cc3)no2)ccc[n+]1COP(=O)(O)O. The van der Waals surface area contributed by atoms with Crippen LogP contribution in [-0.2, 0) is 28.8 Å². The Hall–Kier alpha value is -3.82. The van der Waals surface area contributed by atoms with Crippen LogP contribution in [-0.4, -0.2) is 24.7 Å². The molecular formula is C24H23N5O5P+. The highest BCUT2D eigenvalue weighted by Gasteiger charge is 2.20. The third kappa shape index (κ3) is 5.47. The molecule has 10 nitrogen and oxygen atoms in total. The van der Waals surface area contributed by atoms with Gasteiger partial charge in [0.05, 0.1) is 24.0 Å². The van der Waals surface area contributed by atoms with Crippen LogP contribution in [0.2, 0.25) is 0 Å². The van der Waals surface area contributed by atoms with Crippen molar-refractivity contribution in [2.24, 2.45) is 0 Å². The van der Waals surface area contributed by atoms with Gasteiger partial charge in [0.15, 0.2) is 5.76 Å². The monoisotopic (exact) mass is 492 g/mol. The van der Waals surface area contributed by atoms with Gasteiger partial charge < -0.3 is 14.3 Å². The fraction of sp³-hybridized carbons (Fsp3) is 0.125. The predicted octanol–water partition coefficient (Wildman–Crippen LogP) is 3.27. The first-order chi connectivity index (χ1) is 16.8. The van der Waals surface area contributed by atoms with Gasteiger partial charge in [0, 0.05) is 24.1 Å². The zero-order valence-corrected chi connectivity index (χ0v) is 19.5. The van der Waals surface area contributed by atoms with Crippen molar-refractivity contribution in [1.82, 2.24) is 14.9 Å². The molecule has 0 bridgehead atoms. The number of nitrogens with zero attached hydrogens (tertiary/aromatic N) is 4. The van der Waals surface area contributed by atoms with E-state index in [1.54, 1.807) is 24.4 Å². The molecule has 3 aromatic heterocycles. The first-order valence-electron chi connectivity index (χ1n) is 10.8. The topological polar surface area (TPSA) is 141 Å². The number of hydrogen-bond donors (Lipinski definition) is 3. The number of fused-ring (bicyclic) bond motifs is 1. The van der Waals surface area contributed by atoms with Gasteiger partial charge in [-0.1, -0.05) is 47.6 Å². The Labute approximate surface area is 200 Å². The van der Waals surface area contributed by atoms with Crippen molar-refractivity contribution in [3.8, 4) is 11.3 Å². The van der Waals surface area contributed by atoms with Crippen molar-refractivity contribution in [3.63, 3.8) is 0 Å². The van der Waals surface area contributed by atoms with Crippen LogP contribution in [0.1, 0.15) is 16.8 Å². The second-order valence-electron chi connectivity index (χ2n) is 8.09. The number of phosphoric ester groups is 1. The Morgan fingerprint density at radius 3 is 2.60 bits per heavy atom. The van der Waals surface area contributed by atoms with Gasteiger partial charge in [0.25, 0.3) is 5.82 Å². The molecule has 3 heterocycles. The molecule has 0 fully saturated rings. The average Bonchev–Trinajstić information content (AvgIpc) is 3.45. The maximum Gasteiger partial charge on any atom is 0.472 e. The molecule has 11 heteroatoms. The van der Waals surface area contributed by atoms with Crippen molar-refractivity contribution in [1.29, 1.82) is 0 Å². The lowest BCUT2D eigenvalue weighted by atomic mass is 10.1. The highest BCUT2D eigenvalue weighted by Crippen LogP contribution is 2.35. The van der Waals surface area contributed by atoms with E-state index in [2.05, 4.69) is 39.0 Å². The first-order valence-corrected chi connectivity index (χ1v) is 12.3. The molecule has 35 heavy (non-hydrogen) atoms. The van der Waals surface area contributed by atoms with Gasteiger partial charge in [0.2, 0.25) is 6.73 Å². The van der Waals surface area contributed by atoms with Gasteiger partial charge in [-0.15, -0.1) is 0 Å². The van der Waals surface area contributed by atoms with Crippen LogP contribution < -0.4 is 10.3 Å². The number of pyridine rings is 1. The summed E-state index contributed by atoms with van der Waals surface area (Å²) in [7, 11) is -4.62. The van der Waals surface area contributed by atoms with Crippen LogP contribution >= 0.6 is 7.82 Å². The zero-order valence-electron chi connectivity index (χ0n) is 18.6. The molecule has 5 aromatic rings. The van der Waals surface area contributed by atoms with Gasteiger partial charge in [-0.3, -0.25) is 10.4 Å². The highest BCUT2D eigenvalue weighted by molar-refractivity contribution is 7.46. The van der Waals surface area contributed by atoms with Crippen LogP contribution in [0.15, 0.2) is 83.6 Å². The summed E-state index contributed by atoms with van der Waals surface area (Å²) in [5.74, 6) is 0.685. The van der Waals surface area contributed by atoms with E-state index >= 15 is 0 Å². The molecule has 0 unspecified atom stereocenters. The summed E-state index contributed by atoms with van der Waals surface area (Å²) >= 11 is 0. The Morgan fingerprint density at radius 1 is 1.06 bits per heavy atom. The fourth-order valence-corrected chi connectivity index (χ4v) is 4.07. The first kappa shape index (κ1) is 22.9. The Bertz CT molecular complexity index is 1490. The lowest BCUT2D eigenvalue weighted by Gasteiger charge is -2.07. The van der Waals surface area contributed by atoms with E-state index in [9.17, 15) is 4.57 Å². The molecule has 5 rings (SSSR count). The van der Waals surface area contributed by atoms with Gasteiger partial charge in [-0.25, -0.2) is 13.7 Å². The van der Waals surface area contributed by atoms with E-state index in [-0.39, 0.29) is 5.82 Å². The summed E-state index contributed by atoms with van der Waals surface area (Å²) < 4.78 is 24.3. The molecule has 0 aliphatic carbocycles. The lowest BCUT2D eigenvalue weighted by Crippen LogP contribution is -2.38. The molecule has 0 radical (unpaired) electrons. The number of hydrogen-bond acceptors (Lipinski definition) is 6. The maximum atomic E-state index is 11.0. The van der Waals surface area contributed by atoms with Gasteiger partial charge >= 0.3 is 7.82 Å². The molecule has 0 aliphatic heterocycles. The van der Waals surface area contributed by atoms with Crippen molar-refractivity contribution in [2.45, 2.75) is 19.7 Å². The van der Waals surface area contributed by atoms with Crippen LogP contribution in [0.25, 0.3) is 22.2 Å². The number of phosphoric acid groups is 1. The minimum atomic E-state index is -4.62. The summed E-state index contributed by atoms with van der Waals surface area (Å²) in [4.78, 5) is 17.8. The molecule has 0 amide bonds. The number of rotatable bonds is 8. The van der Waals surface area contributed by atoms with Gasteiger partial charge in [-0.2, -0.15) is 5.10 Å². The van der Waals surface area contributed by atoms with Gasteiger partial charge in [0.1, 0.15) is 5.56 Å². The zero-order chi connectivity index (χ0) is 24.4. The number of anilines is 1. The Balaban J connectivity index is 1.26. The lowest BCUT2D eigenvalue weighted by molar-refractivity contribution is -0.711. The standard InChI is InChI=1S/C24H22N5O5P/c25-24-21(5-3-11-28(24)16-33-35(30,31)32)23-13-20(27-34-23)12-17-7-9-18(10-8-17)14-29-15-19-4-1-2-6-22(19)26-29/h1-11,13,15,25H,12,14,16H2,(H2,30,31,32)/p+1. The third-order valence-electron chi connectivity index (χ3n) is 5.52. The summed E-state index contributed by atoms with van der Waals surface area (Å²) in [5.41, 5.74) is 10.6. The minimum absolute atomic E-state index is 0.235. The van der Waals surface area contributed by atoms with E-state index in [0.29, 0.717) is 24.3 Å². The highest BCUT2D eigenvalue weighted by atomic mass is 31.2. The molecule has 178 valence electrons. The molecule has 2 aromatic carbocycles. The second kappa shape index (κ2) is 9.44. The van der Waals surface area contributed by atoms with Crippen LogP contribution in [0.3, 0.4) is 0 Å². The third-order valence-corrected chi connectivity index (χ3v) is 5.97. The van der Waals surface area contributed by atoms with E-state index in [0.717, 1.165) is 27.7 Å². The fourth-order valence-electron chi connectivity index (χ4n) is 3.80. The summed E-state index contributed by atoms with van der Waals surface area (Å²) in [6.07, 6.45) is 4.17. The quantitative estimate of drug-likeness (QED) is 0.221. The largest absolute Gasteiger partial charge is 0.472 e. The van der Waals surface area contributed by atoms with Crippen LogP contribution in [0.5, 0.6) is 0 Å². The Morgan fingerprint density at radius 2 is 1.83 bits per heavy atom. The van der Waals surface area contributed by atoms with Crippen molar-refractivity contribution < 1.29 is 28.0 Å². The summed E-state index contributed by atoms with van der Waals surface area (Å²) in [6, 6.07) is 21.5. The Kier molecular flexibility index (Phi) is 6.19. The number of benzene rings is 2. The van der Waals surface area contributed by atoms with Crippen LogP contribution in [0.4, 0.5) is 5.82 Å². The number of nitrogen functional groups attached to an aromatic ring is 1. The molecule has 0 aliphatic rings. The van der Waals surface area contributed by atoms with E-state index in [4.69, 9.17) is 20.0 Å². The van der Waals surface area contributed by atoms with E-state index < -0.39 is 14.6 Å². The number of nitrogens with two attached hydrogens (primary N) is 1.